The predicted molar refractivity (Wildman–Crippen MR) is 91.6 cm³/mol. The van der Waals surface area contributed by atoms with Crippen LogP contribution in [0.3, 0.4) is 0 Å². The van der Waals surface area contributed by atoms with Crippen molar-refractivity contribution in [3.05, 3.63) is 59.7 Å². The summed E-state index contributed by atoms with van der Waals surface area (Å²) in [6, 6.07) is 16.7. The van der Waals surface area contributed by atoms with E-state index in [1.54, 1.807) is 18.2 Å². The van der Waals surface area contributed by atoms with Crippen LogP contribution in [0.5, 0.6) is 11.5 Å². The Bertz CT molecular complexity index is 740. The highest BCUT2D eigenvalue weighted by Gasteiger charge is 2.19. The minimum atomic E-state index is -0.350. The SMILES string of the molecule is CC(C)(C)CC(=O)Oc1ccc(OCc2ccccc2)cc1C#N. The molecule has 2 aromatic rings. The van der Waals surface area contributed by atoms with Gasteiger partial charge in [-0.2, -0.15) is 5.26 Å². The van der Waals surface area contributed by atoms with Crippen molar-refractivity contribution in [1.82, 2.24) is 0 Å². The standard InChI is InChI=1S/C20H21NO3/c1-20(2,3)12-19(22)24-18-10-9-17(11-16(18)13-21)23-14-15-7-5-4-6-8-15/h4-11H,12,14H2,1-3H3. The van der Waals surface area contributed by atoms with E-state index in [0.29, 0.717) is 12.4 Å². The van der Waals surface area contributed by atoms with E-state index in [1.807, 2.05) is 57.2 Å². The van der Waals surface area contributed by atoms with Crippen LogP contribution in [0.1, 0.15) is 38.3 Å². The van der Waals surface area contributed by atoms with Crippen LogP contribution in [0.2, 0.25) is 0 Å². The molecule has 0 amide bonds. The molecule has 4 nitrogen and oxygen atoms in total. The van der Waals surface area contributed by atoms with Gasteiger partial charge in [0.05, 0.1) is 12.0 Å². The normalized spacial score (nSPS) is 10.8. The van der Waals surface area contributed by atoms with Gasteiger partial charge in [-0.15, -0.1) is 0 Å². The smallest absolute Gasteiger partial charge is 0.311 e. The maximum atomic E-state index is 11.9. The van der Waals surface area contributed by atoms with E-state index in [-0.39, 0.29) is 29.1 Å². The fourth-order valence-electron chi connectivity index (χ4n) is 2.11. The molecule has 0 radical (unpaired) electrons. The molecule has 2 rings (SSSR count). The van der Waals surface area contributed by atoms with E-state index >= 15 is 0 Å². The molecular formula is C20H21NO3. The minimum Gasteiger partial charge on any atom is -0.489 e. The summed E-state index contributed by atoms with van der Waals surface area (Å²) in [6.45, 7) is 6.29. The molecule has 0 heterocycles. The van der Waals surface area contributed by atoms with Crippen LogP contribution in [0.4, 0.5) is 0 Å². The topological polar surface area (TPSA) is 59.3 Å². The molecule has 0 fully saturated rings. The molecule has 0 atom stereocenters. The van der Waals surface area contributed by atoms with Crippen LogP contribution in [0.25, 0.3) is 0 Å². The van der Waals surface area contributed by atoms with Gasteiger partial charge in [-0.1, -0.05) is 51.1 Å². The number of benzene rings is 2. The molecule has 0 aromatic heterocycles. The van der Waals surface area contributed by atoms with Crippen molar-refractivity contribution in [1.29, 1.82) is 5.26 Å². The maximum Gasteiger partial charge on any atom is 0.311 e. The summed E-state index contributed by atoms with van der Waals surface area (Å²) in [5.41, 5.74) is 1.15. The number of rotatable bonds is 5. The van der Waals surface area contributed by atoms with Crippen LogP contribution in [-0.2, 0) is 11.4 Å². The molecule has 0 saturated carbocycles. The minimum absolute atomic E-state index is 0.164. The number of carbonyl (C=O) groups excluding carboxylic acids is 1. The zero-order chi connectivity index (χ0) is 17.6. The Morgan fingerprint density at radius 1 is 1.12 bits per heavy atom. The first-order valence-electron chi connectivity index (χ1n) is 7.79. The third-order valence-corrected chi connectivity index (χ3v) is 3.22. The molecule has 0 unspecified atom stereocenters. The molecule has 0 aliphatic rings. The van der Waals surface area contributed by atoms with Crippen molar-refractivity contribution in [2.24, 2.45) is 5.41 Å². The van der Waals surface area contributed by atoms with Crippen molar-refractivity contribution >= 4 is 5.97 Å². The number of hydrogen-bond donors (Lipinski definition) is 0. The van der Waals surface area contributed by atoms with Gasteiger partial charge in [0, 0.05) is 6.07 Å². The molecule has 24 heavy (non-hydrogen) atoms. The monoisotopic (exact) mass is 323 g/mol. The van der Waals surface area contributed by atoms with Gasteiger partial charge in [0.1, 0.15) is 24.2 Å². The van der Waals surface area contributed by atoms with Crippen molar-refractivity contribution in [3.63, 3.8) is 0 Å². The van der Waals surface area contributed by atoms with E-state index in [2.05, 4.69) is 0 Å². The van der Waals surface area contributed by atoms with Crippen LogP contribution < -0.4 is 9.47 Å². The quantitative estimate of drug-likeness (QED) is 0.601. The summed E-state index contributed by atoms with van der Waals surface area (Å²) in [4.78, 5) is 11.9. The highest BCUT2D eigenvalue weighted by Crippen LogP contribution is 2.26. The Balaban J connectivity index is 2.05. The summed E-state index contributed by atoms with van der Waals surface area (Å²) in [6.07, 6.45) is 0.282. The zero-order valence-corrected chi connectivity index (χ0v) is 14.2. The van der Waals surface area contributed by atoms with Crippen molar-refractivity contribution < 1.29 is 14.3 Å². The average molecular weight is 323 g/mol. The van der Waals surface area contributed by atoms with Gasteiger partial charge in [-0.05, 0) is 23.1 Å². The number of esters is 1. The molecule has 124 valence electrons. The Morgan fingerprint density at radius 2 is 1.83 bits per heavy atom. The Morgan fingerprint density at radius 3 is 2.46 bits per heavy atom. The van der Waals surface area contributed by atoms with Gasteiger partial charge in [0.25, 0.3) is 0 Å². The fraction of sp³-hybridized carbons (Fsp3) is 0.300. The van der Waals surface area contributed by atoms with Crippen molar-refractivity contribution in [3.8, 4) is 17.6 Å². The lowest BCUT2D eigenvalue weighted by Crippen LogP contribution is -2.18. The van der Waals surface area contributed by atoms with Crippen LogP contribution in [0, 0.1) is 16.7 Å². The number of ether oxygens (including phenoxy) is 2. The van der Waals surface area contributed by atoms with Gasteiger partial charge in [-0.3, -0.25) is 4.79 Å². The molecule has 0 spiro atoms. The van der Waals surface area contributed by atoms with Gasteiger partial charge in [0.2, 0.25) is 0 Å². The van der Waals surface area contributed by atoms with E-state index < -0.39 is 0 Å². The Labute approximate surface area is 142 Å². The number of hydrogen-bond acceptors (Lipinski definition) is 4. The van der Waals surface area contributed by atoms with Gasteiger partial charge in [0.15, 0.2) is 0 Å². The van der Waals surface area contributed by atoms with E-state index in [9.17, 15) is 10.1 Å². The fourth-order valence-corrected chi connectivity index (χ4v) is 2.11. The number of nitriles is 1. The molecule has 0 N–H and O–H groups in total. The Hall–Kier alpha value is -2.80. The zero-order valence-electron chi connectivity index (χ0n) is 14.2. The first kappa shape index (κ1) is 17.6. The van der Waals surface area contributed by atoms with E-state index in [0.717, 1.165) is 5.56 Å². The molecule has 0 bridgehead atoms. The third kappa shape index (κ3) is 5.44. The summed E-state index contributed by atoms with van der Waals surface area (Å²) >= 11 is 0. The lowest BCUT2D eigenvalue weighted by atomic mass is 9.92. The van der Waals surface area contributed by atoms with Gasteiger partial charge < -0.3 is 9.47 Å². The largest absolute Gasteiger partial charge is 0.489 e. The average Bonchev–Trinajstić information content (AvgIpc) is 2.53. The molecule has 2 aromatic carbocycles. The Kier molecular flexibility index (Phi) is 5.59. The van der Waals surface area contributed by atoms with Crippen LogP contribution >= 0.6 is 0 Å². The predicted octanol–water partition coefficient (Wildman–Crippen LogP) is 4.48. The summed E-state index contributed by atoms with van der Waals surface area (Å²) in [5.74, 6) is 0.474. The molecule has 0 aliphatic heterocycles. The lowest BCUT2D eigenvalue weighted by molar-refractivity contribution is -0.136. The summed E-state index contributed by atoms with van der Waals surface area (Å²) in [5, 5.41) is 9.28. The second kappa shape index (κ2) is 7.65. The molecule has 0 saturated heterocycles. The van der Waals surface area contributed by atoms with Crippen LogP contribution in [-0.4, -0.2) is 5.97 Å². The first-order valence-corrected chi connectivity index (χ1v) is 7.79. The van der Waals surface area contributed by atoms with E-state index in [4.69, 9.17) is 9.47 Å². The van der Waals surface area contributed by atoms with Crippen molar-refractivity contribution in [2.75, 3.05) is 0 Å². The molecule has 0 aliphatic carbocycles. The lowest BCUT2D eigenvalue weighted by Gasteiger charge is -2.17. The maximum absolute atomic E-state index is 11.9. The highest BCUT2D eigenvalue weighted by molar-refractivity contribution is 5.74. The second-order valence-corrected chi connectivity index (χ2v) is 6.76. The molecule has 4 heteroatoms. The number of carbonyl (C=O) groups is 1. The highest BCUT2D eigenvalue weighted by atomic mass is 16.5. The third-order valence-electron chi connectivity index (χ3n) is 3.22. The van der Waals surface area contributed by atoms with Crippen LogP contribution in [0.15, 0.2) is 48.5 Å². The summed E-state index contributed by atoms with van der Waals surface area (Å²) < 4.78 is 11.0. The summed E-state index contributed by atoms with van der Waals surface area (Å²) in [7, 11) is 0. The second-order valence-electron chi connectivity index (χ2n) is 6.76. The van der Waals surface area contributed by atoms with Gasteiger partial charge in [-0.25, -0.2) is 0 Å². The first-order chi connectivity index (χ1) is 11.4. The number of nitrogens with zero attached hydrogens (tertiary/aromatic N) is 1. The molecular weight excluding hydrogens is 302 g/mol. The van der Waals surface area contributed by atoms with Crippen molar-refractivity contribution in [2.45, 2.75) is 33.8 Å². The van der Waals surface area contributed by atoms with E-state index in [1.165, 1.54) is 0 Å². The van der Waals surface area contributed by atoms with Gasteiger partial charge >= 0.3 is 5.97 Å².